The molecule has 3 nitrogen and oxygen atoms in total. The van der Waals surface area contributed by atoms with Gasteiger partial charge >= 0.3 is 0 Å². The largest absolute Gasteiger partial charge is 0.372 e. The normalized spacial score (nSPS) is 14.0. The lowest BCUT2D eigenvalue weighted by Crippen LogP contribution is -2.18. The number of benzene rings is 1. The molecule has 2 N–H and O–H groups in total. The Labute approximate surface area is 108 Å². The second-order valence-corrected chi connectivity index (χ2v) is 5.20. The van der Waals surface area contributed by atoms with Crippen molar-refractivity contribution in [3.05, 3.63) is 33.9 Å². The molecule has 0 atom stereocenters. The van der Waals surface area contributed by atoms with Gasteiger partial charge in [0.15, 0.2) is 0 Å². The van der Waals surface area contributed by atoms with E-state index in [1.54, 1.807) is 0 Å². The number of rotatable bonds is 4. The van der Waals surface area contributed by atoms with Gasteiger partial charge in [0.1, 0.15) is 0 Å². The average molecular weight is 247 g/mol. The number of ether oxygens (including phenoxy) is 1. The molecule has 0 radical (unpaired) electrons. The zero-order valence-corrected chi connectivity index (χ0v) is 11.4. The molecule has 0 unspecified atom stereocenters. The third-order valence-corrected chi connectivity index (χ3v) is 3.62. The zero-order valence-electron chi connectivity index (χ0n) is 11.4. The Kier molecular flexibility index (Phi) is 3.71. The maximum atomic E-state index is 11.3. The first kappa shape index (κ1) is 13.1. The molecule has 1 amide bonds. The summed E-state index contributed by atoms with van der Waals surface area (Å²) >= 11 is 0. The summed E-state index contributed by atoms with van der Waals surface area (Å²) in [5.41, 5.74) is 11.6. The molecule has 1 aliphatic heterocycles. The number of hydrogen-bond donors (Lipinski definition) is 1. The predicted octanol–water partition coefficient (Wildman–Crippen LogP) is 2.43. The highest BCUT2D eigenvalue weighted by Gasteiger charge is 2.22. The molecule has 1 aromatic rings. The number of hydrogen-bond acceptors (Lipinski definition) is 2. The van der Waals surface area contributed by atoms with E-state index in [0.717, 1.165) is 12.0 Å². The maximum Gasteiger partial charge on any atom is 0.221 e. The molecule has 0 spiro atoms. The Balaban J connectivity index is 2.62. The average Bonchev–Trinajstić information content (AvgIpc) is 2.74. The summed E-state index contributed by atoms with van der Waals surface area (Å²) in [6.45, 7) is 7.80. The minimum Gasteiger partial charge on any atom is -0.372 e. The van der Waals surface area contributed by atoms with E-state index in [0.29, 0.717) is 25.6 Å². The molecule has 3 heteroatoms. The maximum absolute atomic E-state index is 11.3. The molecule has 0 saturated carbocycles. The molecule has 1 aliphatic rings. The van der Waals surface area contributed by atoms with Crippen molar-refractivity contribution in [3.63, 3.8) is 0 Å². The van der Waals surface area contributed by atoms with Gasteiger partial charge in [-0.3, -0.25) is 4.79 Å². The van der Waals surface area contributed by atoms with Crippen molar-refractivity contribution in [3.8, 4) is 0 Å². The van der Waals surface area contributed by atoms with Gasteiger partial charge in [0.05, 0.1) is 19.6 Å². The number of primary amides is 1. The van der Waals surface area contributed by atoms with E-state index in [1.807, 2.05) is 0 Å². The van der Waals surface area contributed by atoms with E-state index in [-0.39, 0.29) is 5.91 Å². The van der Waals surface area contributed by atoms with E-state index in [1.165, 1.54) is 22.3 Å². The Hall–Kier alpha value is -1.35. The molecule has 18 heavy (non-hydrogen) atoms. The molecular weight excluding hydrogens is 226 g/mol. The van der Waals surface area contributed by atoms with Crippen LogP contribution in [0.3, 0.4) is 0 Å². The van der Waals surface area contributed by atoms with Gasteiger partial charge in [0.25, 0.3) is 0 Å². The van der Waals surface area contributed by atoms with Crippen LogP contribution in [0.15, 0.2) is 6.07 Å². The van der Waals surface area contributed by atoms with E-state index >= 15 is 0 Å². The Morgan fingerprint density at radius 1 is 1.39 bits per heavy atom. The third kappa shape index (κ3) is 2.27. The lowest BCUT2D eigenvalue weighted by Gasteiger charge is -2.19. The lowest BCUT2D eigenvalue weighted by molar-refractivity contribution is -0.117. The van der Waals surface area contributed by atoms with Crippen LogP contribution in [0.1, 0.15) is 54.5 Å². The van der Waals surface area contributed by atoms with Gasteiger partial charge in [-0.05, 0) is 40.2 Å². The van der Waals surface area contributed by atoms with Crippen LogP contribution in [0.4, 0.5) is 0 Å². The molecule has 2 rings (SSSR count). The quantitative estimate of drug-likeness (QED) is 0.888. The van der Waals surface area contributed by atoms with Gasteiger partial charge < -0.3 is 10.5 Å². The van der Waals surface area contributed by atoms with Crippen molar-refractivity contribution in [2.24, 2.45) is 5.73 Å². The molecule has 0 aromatic heterocycles. The third-order valence-electron chi connectivity index (χ3n) is 3.62. The number of amides is 1. The van der Waals surface area contributed by atoms with Crippen molar-refractivity contribution >= 4 is 5.91 Å². The van der Waals surface area contributed by atoms with Gasteiger partial charge in [-0.1, -0.05) is 26.8 Å². The summed E-state index contributed by atoms with van der Waals surface area (Å²) in [4.78, 5) is 11.3. The summed E-state index contributed by atoms with van der Waals surface area (Å²) in [6.07, 6.45) is 1.26. The molecule has 0 bridgehead atoms. The van der Waals surface area contributed by atoms with Gasteiger partial charge in [-0.2, -0.15) is 0 Å². The lowest BCUT2D eigenvalue weighted by atomic mass is 9.85. The molecule has 0 fully saturated rings. The first-order chi connectivity index (χ1) is 8.54. The standard InChI is InChI=1S/C15H21NO2/c1-4-11-13(6-15(16)17)12(9(2)3)5-10-7-18-8-14(10)11/h5,9H,4,6-8H2,1-3H3,(H2,16,17). The van der Waals surface area contributed by atoms with Gasteiger partial charge in [0, 0.05) is 0 Å². The zero-order chi connectivity index (χ0) is 13.3. The Bertz CT molecular complexity index is 478. The summed E-state index contributed by atoms with van der Waals surface area (Å²) in [7, 11) is 0. The van der Waals surface area contributed by atoms with Crippen molar-refractivity contribution in [2.75, 3.05) is 0 Å². The van der Waals surface area contributed by atoms with Crippen molar-refractivity contribution in [1.29, 1.82) is 0 Å². The molecule has 0 saturated heterocycles. The Morgan fingerprint density at radius 3 is 2.67 bits per heavy atom. The molecule has 1 aromatic carbocycles. The van der Waals surface area contributed by atoms with E-state index in [9.17, 15) is 4.79 Å². The van der Waals surface area contributed by atoms with Crippen LogP contribution in [-0.4, -0.2) is 5.91 Å². The number of carbonyl (C=O) groups is 1. The van der Waals surface area contributed by atoms with E-state index < -0.39 is 0 Å². The summed E-state index contributed by atoms with van der Waals surface area (Å²) in [6, 6.07) is 2.20. The first-order valence-corrected chi connectivity index (χ1v) is 6.57. The van der Waals surface area contributed by atoms with Gasteiger partial charge in [-0.25, -0.2) is 0 Å². The predicted molar refractivity (Wildman–Crippen MR) is 71.3 cm³/mol. The summed E-state index contributed by atoms with van der Waals surface area (Å²) in [5, 5.41) is 0. The SMILES string of the molecule is CCc1c2c(cc(C(C)C)c1CC(N)=O)COC2. The fraction of sp³-hybridized carbons (Fsp3) is 0.533. The highest BCUT2D eigenvalue weighted by Crippen LogP contribution is 2.33. The highest BCUT2D eigenvalue weighted by molar-refractivity contribution is 5.78. The minimum atomic E-state index is -0.259. The van der Waals surface area contributed by atoms with Crippen LogP contribution in [0, 0.1) is 0 Å². The monoisotopic (exact) mass is 247 g/mol. The van der Waals surface area contributed by atoms with Crippen LogP contribution >= 0.6 is 0 Å². The van der Waals surface area contributed by atoms with Crippen molar-refractivity contribution < 1.29 is 9.53 Å². The second-order valence-electron chi connectivity index (χ2n) is 5.20. The van der Waals surface area contributed by atoms with Crippen molar-refractivity contribution in [2.45, 2.75) is 52.7 Å². The fourth-order valence-electron chi connectivity index (χ4n) is 2.81. The number of nitrogens with two attached hydrogens (primary N) is 1. The summed E-state index contributed by atoms with van der Waals surface area (Å²) < 4.78 is 5.54. The van der Waals surface area contributed by atoms with Crippen LogP contribution in [-0.2, 0) is 35.6 Å². The fourth-order valence-corrected chi connectivity index (χ4v) is 2.81. The van der Waals surface area contributed by atoms with E-state index in [2.05, 4.69) is 26.8 Å². The molecule has 98 valence electrons. The molecule has 1 heterocycles. The molecular formula is C15H21NO2. The minimum absolute atomic E-state index is 0.259. The van der Waals surface area contributed by atoms with Crippen LogP contribution in [0.2, 0.25) is 0 Å². The van der Waals surface area contributed by atoms with Crippen molar-refractivity contribution in [1.82, 2.24) is 0 Å². The highest BCUT2D eigenvalue weighted by atomic mass is 16.5. The second kappa shape index (κ2) is 5.11. The topological polar surface area (TPSA) is 52.3 Å². The van der Waals surface area contributed by atoms with Gasteiger partial charge in [-0.15, -0.1) is 0 Å². The first-order valence-electron chi connectivity index (χ1n) is 6.57. The molecule has 0 aliphatic carbocycles. The Morgan fingerprint density at radius 2 is 2.11 bits per heavy atom. The summed E-state index contributed by atoms with van der Waals surface area (Å²) in [5.74, 6) is 0.140. The smallest absolute Gasteiger partial charge is 0.221 e. The van der Waals surface area contributed by atoms with E-state index in [4.69, 9.17) is 10.5 Å². The number of carbonyl (C=O) groups excluding carboxylic acids is 1. The number of fused-ring (bicyclic) bond motifs is 1. The van der Waals surface area contributed by atoms with Crippen LogP contribution in [0.25, 0.3) is 0 Å². The van der Waals surface area contributed by atoms with Crippen LogP contribution < -0.4 is 5.73 Å². The van der Waals surface area contributed by atoms with Crippen LogP contribution in [0.5, 0.6) is 0 Å². The van der Waals surface area contributed by atoms with Gasteiger partial charge in [0.2, 0.25) is 5.91 Å².